The zero-order valence-electron chi connectivity index (χ0n) is 9.03. The molecule has 1 rings (SSSR count). The van der Waals surface area contributed by atoms with Gasteiger partial charge in [-0.05, 0) is 38.0 Å². The first-order valence-corrected chi connectivity index (χ1v) is 5.08. The van der Waals surface area contributed by atoms with Gasteiger partial charge in [0.05, 0.1) is 12.2 Å². The predicted molar refractivity (Wildman–Crippen MR) is 57.5 cm³/mol. The van der Waals surface area contributed by atoms with Gasteiger partial charge in [-0.15, -0.1) is 0 Å². The highest BCUT2D eigenvalue weighted by Gasteiger charge is 2.04. The summed E-state index contributed by atoms with van der Waals surface area (Å²) < 4.78 is 5.50. The van der Waals surface area contributed by atoms with E-state index in [4.69, 9.17) is 4.74 Å². The maximum absolute atomic E-state index is 9.56. The van der Waals surface area contributed by atoms with Crippen molar-refractivity contribution in [1.82, 2.24) is 0 Å². The van der Waals surface area contributed by atoms with E-state index >= 15 is 0 Å². The van der Waals surface area contributed by atoms with Crippen LogP contribution in [0.25, 0.3) is 0 Å². The molecule has 0 saturated heterocycles. The van der Waals surface area contributed by atoms with Crippen LogP contribution >= 0.6 is 0 Å². The van der Waals surface area contributed by atoms with Gasteiger partial charge in [0.2, 0.25) is 0 Å². The summed E-state index contributed by atoms with van der Waals surface area (Å²) in [6.45, 7) is 5.95. The average molecular weight is 194 g/mol. The van der Waals surface area contributed by atoms with Gasteiger partial charge in [0, 0.05) is 0 Å². The molecule has 78 valence electrons. The summed E-state index contributed by atoms with van der Waals surface area (Å²) in [7, 11) is 0. The van der Waals surface area contributed by atoms with E-state index in [2.05, 4.69) is 0 Å². The van der Waals surface area contributed by atoms with Crippen LogP contribution in [0.15, 0.2) is 24.3 Å². The summed E-state index contributed by atoms with van der Waals surface area (Å²) in [6, 6.07) is 7.61. The van der Waals surface area contributed by atoms with E-state index in [0.29, 0.717) is 0 Å². The van der Waals surface area contributed by atoms with Gasteiger partial charge in [-0.25, -0.2) is 0 Å². The lowest BCUT2D eigenvalue weighted by atomic mass is 10.1. The largest absolute Gasteiger partial charge is 0.491 e. The van der Waals surface area contributed by atoms with Gasteiger partial charge in [-0.3, -0.25) is 0 Å². The third kappa shape index (κ3) is 3.04. The lowest BCUT2D eigenvalue weighted by Gasteiger charge is -2.11. The van der Waals surface area contributed by atoms with E-state index in [1.165, 1.54) is 0 Å². The summed E-state index contributed by atoms with van der Waals surface area (Å²) in [5, 5.41) is 9.56. The Morgan fingerprint density at radius 1 is 1.21 bits per heavy atom. The minimum absolute atomic E-state index is 0.192. The molecule has 0 aliphatic rings. The van der Waals surface area contributed by atoms with Crippen LogP contribution in [-0.2, 0) is 0 Å². The molecule has 14 heavy (non-hydrogen) atoms. The van der Waals surface area contributed by atoms with Crippen molar-refractivity contribution in [3.05, 3.63) is 29.8 Å². The van der Waals surface area contributed by atoms with Gasteiger partial charge < -0.3 is 9.84 Å². The minimum atomic E-state index is -0.358. The van der Waals surface area contributed by atoms with Crippen LogP contribution in [0, 0.1) is 0 Å². The average Bonchev–Trinajstić information content (AvgIpc) is 2.17. The van der Waals surface area contributed by atoms with Gasteiger partial charge in [0.25, 0.3) is 0 Å². The minimum Gasteiger partial charge on any atom is -0.491 e. The van der Waals surface area contributed by atoms with Crippen molar-refractivity contribution in [1.29, 1.82) is 0 Å². The number of benzene rings is 1. The molecular formula is C12H18O2. The molecule has 1 atom stereocenters. The van der Waals surface area contributed by atoms with Crippen molar-refractivity contribution < 1.29 is 9.84 Å². The van der Waals surface area contributed by atoms with Gasteiger partial charge in [-0.2, -0.15) is 0 Å². The highest BCUT2D eigenvalue weighted by molar-refractivity contribution is 5.28. The molecule has 1 aromatic carbocycles. The lowest BCUT2D eigenvalue weighted by Crippen LogP contribution is -2.05. The highest BCUT2D eigenvalue weighted by Crippen LogP contribution is 2.20. The maximum atomic E-state index is 9.56. The van der Waals surface area contributed by atoms with Gasteiger partial charge in [-0.1, -0.05) is 19.1 Å². The van der Waals surface area contributed by atoms with Crippen molar-refractivity contribution in [2.45, 2.75) is 39.4 Å². The molecule has 1 aromatic rings. The Bertz CT molecular complexity index is 264. The summed E-state index contributed by atoms with van der Waals surface area (Å²) in [5.74, 6) is 0.854. The number of ether oxygens (including phenoxy) is 1. The Kier molecular flexibility index (Phi) is 3.96. The molecule has 0 bridgehead atoms. The van der Waals surface area contributed by atoms with Crippen LogP contribution in [0.4, 0.5) is 0 Å². The van der Waals surface area contributed by atoms with E-state index in [0.717, 1.165) is 17.7 Å². The third-order valence-electron chi connectivity index (χ3n) is 2.02. The van der Waals surface area contributed by atoms with Crippen LogP contribution < -0.4 is 4.74 Å². The Balaban J connectivity index is 2.68. The SMILES string of the molecule is CCC(O)c1ccc(OC(C)C)cc1. The predicted octanol–water partition coefficient (Wildman–Crippen LogP) is 2.92. The number of aliphatic hydroxyl groups excluding tert-OH is 1. The van der Waals surface area contributed by atoms with Gasteiger partial charge >= 0.3 is 0 Å². The van der Waals surface area contributed by atoms with Crippen molar-refractivity contribution in [3.63, 3.8) is 0 Å². The molecule has 2 heteroatoms. The van der Waals surface area contributed by atoms with Crippen LogP contribution in [0.2, 0.25) is 0 Å². The molecule has 0 aliphatic heterocycles. The van der Waals surface area contributed by atoms with Crippen molar-refractivity contribution in [2.24, 2.45) is 0 Å². The molecular weight excluding hydrogens is 176 g/mol. The van der Waals surface area contributed by atoms with Gasteiger partial charge in [0.15, 0.2) is 0 Å². The van der Waals surface area contributed by atoms with Crippen molar-refractivity contribution in [3.8, 4) is 5.75 Å². The topological polar surface area (TPSA) is 29.5 Å². The molecule has 0 radical (unpaired) electrons. The first-order valence-electron chi connectivity index (χ1n) is 5.08. The maximum Gasteiger partial charge on any atom is 0.119 e. The molecule has 0 spiro atoms. The Morgan fingerprint density at radius 2 is 1.79 bits per heavy atom. The first kappa shape index (κ1) is 11.1. The molecule has 0 heterocycles. The second-order valence-electron chi connectivity index (χ2n) is 3.66. The van der Waals surface area contributed by atoms with Crippen molar-refractivity contribution >= 4 is 0 Å². The highest BCUT2D eigenvalue weighted by atomic mass is 16.5. The fraction of sp³-hybridized carbons (Fsp3) is 0.500. The standard InChI is InChI=1S/C12H18O2/c1-4-12(13)10-5-7-11(8-6-10)14-9(2)3/h5-9,12-13H,4H2,1-3H3. The molecule has 0 fully saturated rings. The summed E-state index contributed by atoms with van der Waals surface area (Å²) in [4.78, 5) is 0. The fourth-order valence-electron chi connectivity index (χ4n) is 1.28. The summed E-state index contributed by atoms with van der Waals surface area (Å²) in [5.41, 5.74) is 0.948. The quantitative estimate of drug-likeness (QED) is 0.798. The number of rotatable bonds is 4. The summed E-state index contributed by atoms with van der Waals surface area (Å²) >= 11 is 0. The molecule has 0 amide bonds. The Hall–Kier alpha value is -1.02. The molecule has 1 N–H and O–H groups in total. The molecule has 2 nitrogen and oxygen atoms in total. The molecule has 0 aliphatic carbocycles. The van der Waals surface area contributed by atoms with Crippen molar-refractivity contribution in [2.75, 3.05) is 0 Å². The Labute approximate surface area is 85.5 Å². The zero-order valence-corrected chi connectivity index (χ0v) is 9.03. The number of aliphatic hydroxyl groups is 1. The van der Waals surface area contributed by atoms with E-state index in [-0.39, 0.29) is 12.2 Å². The van der Waals surface area contributed by atoms with E-state index in [1.807, 2.05) is 45.0 Å². The van der Waals surface area contributed by atoms with Gasteiger partial charge in [0.1, 0.15) is 5.75 Å². The van der Waals surface area contributed by atoms with Crippen LogP contribution in [0.5, 0.6) is 5.75 Å². The molecule has 0 aromatic heterocycles. The normalized spacial score (nSPS) is 12.9. The van der Waals surface area contributed by atoms with Crippen LogP contribution in [-0.4, -0.2) is 11.2 Å². The molecule has 0 saturated carbocycles. The lowest BCUT2D eigenvalue weighted by molar-refractivity contribution is 0.173. The first-order chi connectivity index (χ1) is 6.63. The monoisotopic (exact) mass is 194 g/mol. The van der Waals surface area contributed by atoms with E-state index < -0.39 is 0 Å². The second kappa shape index (κ2) is 5.01. The zero-order chi connectivity index (χ0) is 10.6. The van der Waals surface area contributed by atoms with Crippen LogP contribution in [0.1, 0.15) is 38.9 Å². The molecule has 1 unspecified atom stereocenters. The van der Waals surface area contributed by atoms with Crippen LogP contribution in [0.3, 0.4) is 0 Å². The van der Waals surface area contributed by atoms with E-state index in [1.54, 1.807) is 0 Å². The number of hydrogen-bond donors (Lipinski definition) is 1. The fourth-order valence-corrected chi connectivity index (χ4v) is 1.28. The van der Waals surface area contributed by atoms with E-state index in [9.17, 15) is 5.11 Å². The second-order valence-corrected chi connectivity index (χ2v) is 3.66. The third-order valence-corrected chi connectivity index (χ3v) is 2.02. The smallest absolute Gasteiger partial charge is 0.119 e. The Morgan fingerprint density at radius 3 is 2.21 bits per heavy atom. The number of hydrogen-bond acceptors (Lipinski definition) is 2. The summed E-state index contributed by atoms with van der Waals surface area (Å²) in [6.07, 6.45) is 0.574.